The van der Waals surface area contributed by atoms with Gasteiger partial charge in [-0.15, -0.1) is 0 Å². The molecule has 1 nitrogen and oxygen atoms in total. The predicted molar refractivity (Wildman–Crippen MR) is 41.0 cm³/mol. The van der Waals surface area contributed by atoms with Crippen LogP contribution in [-0.2, 0) is 0 Å². The topological polar surface area (TPSA) is 23.8 Å². The van der Waals surface area contributed by atoms with Gasteiger partial charge in [-0.2, -0.15) is 5.26 Å². The normalized spacial score (nSPS) is 10.3. The number of benzene rings is 1. The molecule has 0 unspecified atom stereocenters. The molecule has 1 aromatic carbocycles. The van der Waals surface area contributed by atoms with Crippen LogP contribution in [0.4, 0.5) is 13.2 Å². The van der Waals surface area contributed by atoms with Gasteiger partial charge >= 0.3 is 0 Å². The average Bonchev–Trinajstić information content (AvgIpc) is 2.10. The first-order chi connectivity index (χ1) is 6.15. The van der Waals surface area contributed by atoms with Gasteiger partial charge in [0.15, 0.2) is 17.5 Å². The first-order valence-corrected chi connectivity index (χ1v) is 3.36. The molecular weight excluding hydrogens is 179 g/mol. The van der Waals surface area contributed by atoms with Crippen LogP contribution in [0.5, 0.6) is 0 Å². The van der Waals surface area contributed by atoms with E-state index in [4.69, 9.17) is 5.26 Å². The smallest absolute Gasteiger partial charge is 0.194 e. The van der Waals surface area contributed by atoms with Crippen molar-refractivity contribution >= 4 is 6.08 Å². The van der Waals surface area contributed by atoms with Crippen molar-refractivity contribution in [3.8, 4) is 6.07 Å². The highest BCUT2D eigenvalue weighted by atomic mass is 19.2. The van der Waals surface area contributed by atoms with Crippen molar-refractivity contribution in [1.29, 1.82) is 5.26 Å². The fourth-order valence-corrected chi connectivity index (χ4v) is 0.805. The van der Waals surface area contributed by atoms with E-state index in [-0.39, 0.29) is 5.56 Å². The lowest BCUT2D eigenvalue weighted by molar-refractivity contribution is 0.447. The Morgan fingerprint density at radius 1 is 1.15 bits per heavy atom. The van der Waals surface area contributed by atoms with Crippen LogP contribution >= 0.6 is 0 Å². The molecule has 0 aliphatic heterocycles. The summed E-state index contributed by atoms with van der Waals surface area (Å²) in [5, 5.41) is 8.12. The van der Waals surface area contributed by atoms with Gasteiger partial charge in [0.25, 0.3) is 0 Å². The molecule has 0 atom stereocenters. The van der Waals surface area contributed by atoms with Crippen LogP contribution in [0.1, 0.15) is 5.56 Å². The lowest BCUT2D eigenvalue weighted by atomic mass is 10.2. The summed E-state index contributed by atoms with van der Waals surface area (Å²) >= 11 is 0. The summed E-state index contributed by atoms with van der Waals surface area (Å²) < 4.78 is 37.5. The van der Waals surface area contributed by atoms with Gasteiger partial charge in [0, 0.05) is 6.08 Å². The highest BCUT2D eigenvalue weighted by Crippen LogP contribution is 2.14. The molecule has 13 heavy (non-hydrogen) atoms. The molecular formula is C9H4F3N. The number of nitrogens with zero attached hydrogens (tertiary/aromatic N) is 1. The zero-order valence-electron chi connectivity index (χ0n) is 6.39. The Morgan fingerprint density at radius 2 is 1.69 bits per heavy atom. The van der Waals surface area contributed by atoms with Crippen LogP contribution in [0.3, 0.4) is 0 Å². The Labute approximate surface area is 72.7 Å². The Bertz CT molecular complexity index is 367. The van der Waals surface area contributed by atoms with E-state index in [1.54, 1.807) is 6.07 Å². The van der Waals surface area contributed by atoms with Crippen molar-refractivity contribution in [3.63, 3.8) is 0 Å². The number of hydrogen-bond acceptors (Lipinski definition) is 1. The lowest BCUT2D eigenvalue weighted by Gasteiger charge is -1.96. The number of allylic oxidation sites excluding steroid dienone is 1. The molecule has 0 amide bonds. The van der Waals surface area contributed by atoms with Crippen LogP contribution in [0.15, 0.2) is 18.2 Å². The predicted octanol–water partition coefficient (Wildman–Crippen LogP) is 2.64. The van der Waals surface area contributed by atoms with Gasteiger partial charge in [-0.1, -0.05) is 0 Å². The van der Waals surface area contributed by atoms with Crippen molar-refractivity contribution in [2.45, 2.75) is 0 Å². The van der Waals surface area contributed by atoms with Crippen LogP contribution in [0.2, 0.25) is 0 Å². The van der Waals surface area contributed by atoms with Gasteiger partial charge in [-0.25, -0.2) is 13.2 Å². The molecule has 0 heterocycles. The maximum absolute atomic E-state index is 12.5. The highest BCUT2D eigenvalue weighted by molar-refractivity contribution is 5.51. The summed E-state index contributed by atoms with van der Waals surface area (Å²) in [7, 11) is 0. The third-order valence-corrected chi connectivity index (χ3v) is 1.36. The maximum atomic E-state index is 12.5. The van der Waals surface area contributed by atoms with E-state index < -0.39 is 17.5 Å². The van der Waals surface area contributed by atoms with Gasteiger partial charge in [0.05, 0.1) is 6.07 Å². The minimum Gasteiger partial charge on any atom is -0.204 e. The molecule has 0 N–H and O–H groups in total. The van der Waals surface area contributed by atoms with Crippen molar-refractivity contribution in [3.05, 3.63) is 41.2 Å². The van der Waals surface area contributed by atoms with E-state index in [0.29, 0.717) is 0 Å². The molecule has 0 bridgehead atoms. The van der Waals surface area contributed by atoms with E-state index in [1.165, 1.54) is 6.08 Å². The van der Waals surface area contributed by atoms with Crippen molar-refractivity contribution in [2.24, 2.45) is 0 Å². The van der Waals surface area contributed by atoms with Crippen LogP contribution in [0, 0.1) is 28.8 Å². The van der Waals surface area contributed by atoms with E-state index in [9.17, 15) is 13.2 Å². The van der Waals surface area contributed by atoms with Gasteiger partial charge in [0.1, 0.15) is 0 Å². The largest absolute Gasteiger partial charge is 0.204 e. The number of hydrogen-bond donors (Lipinski definition) is 0. The van der Waals surface area contributed by atoms with Crippen LogP contribution < -0.4 is 0 Å². The highest BCUT2D eigenvalue weighted by Gasteiger charge is 2.08. The summed E-state index contributed by atoms with van der Waals surface area (Å²) in [6.07, 6.45) is 2.23. The lowest BCUT2D eigenvalue weighted by Crippen LogP contribution is -1.90. The quantitative estimate of drug-likeness (QED) is 0.485. The molecule has 0 aromatic heterocycles. The first kappa shape index (κ1) is 9.33. The molecule has 0 saturated carbocycles. The molecule has 0 aliphatic rings. The van der Waals surface area contributed by atoms with Gasteiger partial charge < -0.3 is 0 Å². The summed E-state index contributed by atoms with van der Waals surface area (Å²) in [6.45, 7) is 0. The zero-order valence-corrected chi connectivity index (χ0v) is 6.39. The molecule has 0 fully saturated rings. The average molecular weight is 183 g/mol. The number of nitriles is 1. The van der Waals surface area contributed by atoms with Crippen molar-refractivity contribution in [1.82, 2.24) is 0 Å². The van der Waals surface area contributed by atoms with Crippen molar-refractivity contribution < 1.29 is 13.2 Å². The Balaban J connectivity index is 3.15. The Hall–Kier alpha value is -1.76. The fraction of sp³-hybridized carbons (Fsp3) is 0. The number of rotatable bonds is 1. The monoisotopic (exact) mass is 183 g/mol. The minimum atomic E-state index is -1.51. The second kappa shape index (κ2) is 3.76. The summed E-state index contributed by atoms with van der Waals surface area (Å²) in [4.78, 5) is 0. The van der Waals surface area contributed by atoms with Crippen LogP contribution in [-0.4, -0.2) is 0 Å². The number of halogens is 3. The minimum absolute atomic E-state index is 0.109. The Kier molecular flexibility index (Phi) is 2.70. The molecule has 1 aromatic rings. The van der Waals surface area contributed by atoms with Gasteiger partial charge in [0.2, 0.25) is 0 Å². The van der Waals surface area contributed by atoms with Gasteiger partial charge in [-0.05, 0) is 23.8 Å². The first-order valence-electron chi connectivity index (χ1n) is 3.36. The molecule has 66 valence electrons. The van der Waals surface area contributed by atoms with E-state index in [1.807, 2.05) is 0 Å². The molecule has 0 saturated heterocycles. The SMILES string of the molecule is N#CC=Cc1cc(F)c(F)c(F)c1. The second-order valence-corrected chi connectivity index (χ2v) is 2.26. The molecule has 0 radical (unpaired) electrons. The molecule has 0 spiro atoms. The van der Waals surface area contributed by atoms with E-state index in [2.05, 4.69) is 0 Å². The molecule has 4 heteroatoms. The molecule has 1 rings (SSSR count). The summed E-state index contributed by atoms with van der Waals surface area (Å²) in [6, 6.07) is 3.27. The van der Waals surface area contributed by atoms with E-state index in [0.717, 1.165) is 18.2 Å². The molecule has 0 aliphatic carbocycles. The summed E-state index contributed by atoms with van der Waals surface area (Å²) in [5.41, 5.74) is 0.109. The fourth-order valence-electron chi connectivity index (χ4n) is 0.805. The van der Waals surface area contributed by atoms with Gasteiger partial charge in [-0.3, -0.25) is 0 Å². The third kappa shape index (κ3) is 2.09. The third-order valence-electron chi connectivity index (χ3n) is 1.36. The second-order valence-electron chi connectivity index (χ2n) is 2.26. The Morgan fingerprint density at radius 3 is 2.15 bits per heavy atom. The van der Waals surface area contributed by atoms with Crippen LogP contribution in [0.25, 0.3) is 6.08 Å². The standard InChI is InChI=1S/C9H4F3N/c10-7-4-6(2-1-3-13)5-8(11)9(7)12/h1-2,4-5H. The zero-order chi connectivity index (χ0) is 9.84. The van der Waals surface area contributed by atoms with E-state index >= 15 is 0 Å². The van der Waals surface area contributed by atoms with Crippen molar-refractivity contribution in [2.75, 3.05) is 0 Å². The maximum Gasteiger partial charge on any atom is 0.194 e. The summed E-state index contributed by atoms with van der Waals surface area (Å²) in [5.74, 6) is -4.04.